The smallest absolute Gasteiger partial charge is 0.121 e. The van der Waals surface area contributed by atoms with Crippen molar-refractivity contribution >= 4 is 27.5 Å². The molecule has 2 rings (SSSR count). The van der Waals surface area contributed by atoms with Crippen LogP contribution in [0.2, 0.25) is 0 Å². The number of nitrogens with zero attached hydrogens (tertiary/aromatic N) is 1. The van der Waals surface area contributed by atoms with Crippen molar-refractivity contribution in [2.45, 2.75) is 19.3 Å². The summed E-state index contributed by atoms with van der Waals surface area (Å²) >= 11 is 3.51. The number of amidine groups is 1. The third kappa shape index (κ3) is 2.76. The van der Waals surface area contributed by atoms with Gasteiger partial charge in [-0.25, -0.2) is 0 Å². The number of aliphatic imine (C=N–C) groups is 1. The van der Waals surface area contributed by atoms with Gasteiger partial charge >= 0.3 is 0 Å². The number of hydrogen-bond donors (Lipinski definition) is 1. The highest BCUT2D eigenvalue weighted by atomic mass is 79.9. The van der Waals surface area contributed by atoms with Gasteiger partial charge in [0.2, 0.25) is 0 Å². The summed E-state index contributed by atoms with van der Waals surface area (Å²) in [4.78, 5) is 4.47. The van der Waals surface area contributed by atoms with E-state index in [2.05, 4.69) is 26.2 Å². The summed E-state index contributed by atoms with van der Waals surface area (Å²) < 4.78 is 6.23. The number of benzene rings is 1. The summed E-state index contributed by atoms with van der Waals surface area (Å²) in [5.74, 6) is 1.92. The highest BCUT2D eigenvalue weighted by Gasteiger charge is 2.08. The van der Waals surface area contributed by atoms with Gasteiger partial charge in [-0.1, -0.05) is 0 Å². The fourth-order valence-corrected chi connectivity index (χ4v) is 2.03. The second-order valence-corrected chi connectivity index (χ2v) is 4.61. The molecule has 0 aliphatic carbocycles. The van der Waals surface area contributed by atoms with Crippen LogP contribution in [-0.2, 0) is 0 Å². The number of halogens is 1. The predicted molar refractivity (Wildman–Crippen MR) is 70.5 cm³/mol. The fraction of sp³-hybridized carbons (Fsp3) is 0.417. The topological polar surface area (TPSA) is 33.6 Å². The van der Waals surface area contributed by atoms with Gasteiger partial charge in [0, 0.05) is 23.5 Å². The van der Waals surface area contributed by atoms with Gasteiger partial charge in [0.15, 0.2) is 0 Å². The Morgan fingerprint density at radius 1 is 1.38 bits per heavy atom. The van der Waals surface area contributed by atoms with Crippen molar-refractivity contribution in [3.8, 4) is 5.75 Å². The number of methoxy groups -OCH3 is 1. The molecular weight excluding hydrogens is 268 g/mol. The summed E-state index contributed by atoms with van der Waals surface area (Å²) in [7, 11) is 1.67. The highest BCUT2D eigenvalue weighted by Crippen LogP contribution is 2.27. The monoisotopic (exact) mass is 282 g/mol. The average molecular weight is 283 g/mol. The number of ether oxygens (including phenoxy) is 1. The predicted octanol–water partition coefficient (Wildman–Crippen LogP) is 3.45. The molecule has 1 N–H and O–H groups in total. The second-order valence-electron chi connectivity index (χ2n) is 3.76. The molecule has 1 aliphatic rings. The molecule has 0 bridgehead atoms. The Kier molecular flexibility index (Phi) is 3.83. The molecular formula is C12H15BrN2O. The Morgan fingerprint density at radius 3 is 2.94 bits per heavy atom. The minimum atomic E-state index is 0.849. The summed E-state index contributed by atoms with van der Waals surface area (Å²) in [5.41, 5.74) is 1.01. The molecule has 1 heterocycles. The van der Waals surface area contributed by atoms with E-state index >= 15 is 0 Å². The maximum atomic E-state index is 5.20. The molecule has 1 aromatic carbocycles. The van der Waals surface area contributed by atoms with E-state index in [1.807, 2.05) is 18.2 Å². The average Bonchev–Trinajstić information content (AvgIpc) is 2.33. The first-order valence-electron chi connectivity index (χ1n) is 5.43. The summed E-state index contributed by atoms with van der Waals surface area (Å²) in [6, 6.07) is 5.88. The lowest BCUT2D eigenvalue weighted by molar-refractivity contribution is 0.415. The quantitative estimate of drug-likeness (QED) is 0.901. The molecule has 86 valence electrons. The largest absolute Gasteiger partial charge is 0.497 e. The van der Waals surface area contributed by atoms with Crippen LogP contribution in [0.1, 0.15) is 19.3 Å². The van der Waals surface area contributed by atoms with Crippen molar-refractivity contribution in [3.05, 3.63) is 22.7 Å². The van der Waals surface area contributed by atoms with Crippen LogP contribution >= 0.6 is 15.9 Å². The van der Waals surface area contributed by atoms with Crippen LogP contribution in [0.25, 0.3) is 0 Å². The first kappa shape index (κ1) is 11.5. The third-order valence-corrected chi connectivity index (χ3v) is 3.27. The van der Waals surface area contributed by atoms with E-state index < -0.39 is 0 Å². The molecule has 1 aromatic rings. The molecule has 16 heavy (non-hydrogen) atoms. The molecule has 0 amide bonds. The van der Waals surface area contributed by atoms with Gasteiger partial charge < -0.3 is 10.1 Å². The Balaban J connectivity index is 2.16. The molecule has 0 atom stereocenters. The standard InChI is InChI=1S/C12H15BrN2O/c1-16-9-5-6-10(13)11(8-9)15-12-4-2-3-7-14-12/h5-6,8H,2-4,7H2,1H3,(H,14,15). The van der Waals surface area contributed by atoms with Crippen LogP contribution in [0.5, 0.6) is 5.75 Å². The first-order valence-corrected chi connectivity index (χ1v) is 6.23. The Hall–Kier alpha value is -1.03. The van der Waals surface area contributed by atoms with Gasteiger partial charge in [0.1, 0.15) is 11.6 Å². The second kappa shape index (κ2) is 5.34. The van der Waals surface area contributed by atoms with Crippen molar-refractivity contribution < 1.29 is 4.74 Å². The minimum absolute atomic E-state index is 0.849. The number of rotatable bonds is 2. The molecule has 0 fully saturated rings. The number of nitrogens with one attached hydrogen (secondary N) is 1. The lowest BCUT2D eigenvalue weighted by atomic mass is 10.2. The van der Waals surface area contributed by atoms with Crippen molar-refractivity contribution in [1.29, 1.82) is 0 Å². The zero-order valence-electron chi connectivity index (χ0n) is 9.29. The molecule has 4 heteroatoms. The zero-order valence-corrected chi connectivity index (χ0v) is 10.9. The van der Waals surface area contributed by atoms with E-state index in [0.29, 0.717) is 0 Å². The summed E-state index contributed by atoms with van der Waals surface area (Å²) in [5, 5.41) is 3.35. The SMILES string of the molecule is COc1ccc(Br)c(NC2=NCCCC2)c1. The van der Waals surface area contributed by atoms with Crippen molar-refractivity contribution in [2.75, 3.05) is 19.0 Å². The molecule has 0 aromatic heterocycles. The summed E-state index contributed by atoms with van der Waals surface area (Å²) in [6.07, 6.45) is 3.45. The van der Waals surface area contributed by atoms with Gasteiger partial charge in [-0.3, -0.25) is 4.99 Å². The van der Waals surface area contributed by atoms with Gasteiger partial charge in [0.25, 0.3) is 0 Å². The Bertz CT molecular complexity index is 404. The Labute approximate surface area is 104 Å². The van der Waals surface area contributed by atoms with Crippen LogP contribution in [0.4, 0.5) is 5.69 Å². The molecule has 0 saturated carbocycles. The van der Waals surface area contributed by atoms with Gasteiger partial charge in [-0.2, -0.15) is 0 Å². The normalized spacial score (nSPS) is 15.5. The molecule has 0 unspecified atom stereocenters. The molecule has 3 nitrogen and oxygen atoms in total. The van der Waals surface area contributed by atoms with Crippen LogP contribution in [0.15, 0.2) is 27.7 Å². The van der Waals surface area contributed by atoms with Crippen LogP contribution < -0.4 is 10.1 Å². The van der Waals surface area contributed by atoms with E-state index in [1.54, 1.807) is 7.11 Å². The summed E-state index contributed by atoms with van der Waals surface area (Å²) in [6.45, 7) is 0.934. The molecule has 0 saturated heterocycles. The van der Waals surface area contributed by atoms with Gasteiger partial charge in [0.05, 0.1) is 12.8 Å². The van der Waals surface area contributed by atoms with Crippen molar-refractivity contribution in [3.63, 3.8) is 0 Å². The van der Waals surface area contributed by atoms with Crippen LogP contribution in [-0.4, -0.2) is 19.5 Å². The van der Waals surface area contributed by atoms with E-state index in [9.17, 15) is 0 Å². The van der Waals surface area contributed by atoms with Crippen LogP contribution in [0.3, 0.4) is 0 Å². The Morgan fingerprint density at radius 2 is 2.25 bits per heavy atom. The van der Waals surface area contributed by atoms with E-state index in [-0.39, 0.29) is 0 Å². The number of anilines is 1. The maximum absolute atomic E-state index is 5.20. The van der Waals surface area contributed by atoms with E-state index in [4.69, 9.17) is 4.74 Å². The highest BCUT2D eigenvalue weighted by molar-refractivity contribution is 9.10. The molecule has 0 spiro atoms. The third-order valence-electron chi connectivity index (χ3n) is 2.58. The van der Waals surface area contributed by atoms with E-state index in [0.717, 1.165) is 34.7 Å². The lowest BCUT2D eigenvalue weighted by Crippen LogP contribution is -2.16. The van der Waals surface area contributed by atoms with Gasteiger partial charge in [-0.15, -0.1) is 0 Å². The molecule has 0 radical (unpaired) electrons. The van der Waals surface area contributed by atoms with Crippen molar-refractivity contribution in [1.82, 2.24) is 0 Å². The fourth-order valence-electron chi connectivity index (χ4n) is 1.68. The number of hydrogen-bond acceptors (Lipinski definition) is 3. The van der Waals surface area contributed by atoms with Crippen LogP contribution in [0, 0.1) is 0 Å². The molecule has 1 aliphatic heterocycles. The lowest BCUT2D eigenvalue weighted by Gasteiger charge is -2.15. The first-order chi connectivity index (χ1) is 7.79. The van der Waals surface area contributed by atoms with Gasteiger partial charge in [-0.05, 0) is 40.9 Å². The van der Waals surface area contributed by atoms with E-state index in [1.165, 1.54) is 12.8 Å². The minimum Gasteiger partial charge on any atom is -0.497 e. The van der Waals surface area contributed by atoms with Crippen molar-refractivity contribution in [2.24, 2.45) is 4.99 Å². The maximum Gasteiger partial charge on any atom is 0.121 e. The zero-order chi connectivity index (χ0) is 11.4.